The van der Waals surface area contributed by atoms with Crippen LogP contribution >= 0.6 is 0 Å². The van der Waals surface area contributed by atoms with E-state index in [-0.39, 0.29) is 11.9 Å². The van der Waals surface area contributed by atoms with Crippen molar-refractivity contribution in [1.29, 1.82) is 0 Å². The van der Waals surface area contributed by atoms with E-state index in [1.807, 2.05) is 24.3 Å². The lowest BCUT2D eigenvalue weighted by Crippen LogP contribution is -2.25. The Morgan fingerprint density at radius 1 is 0.793 bits per heavy atom. The highest BCUT2D eigenvalue weighted by atomic mass is 16.5. The first-order valence-electron chi connectivity index (χ1n) is 12.2. The Bertz CT molecular complexity index is 544. The molecule has 1 saturated carbocycles. The molecule has 1 aliphatic carbocycles. The summed E-state index contributed by atoms with van der Waals surface area (Å²) in [5.41, 5.74) is 0. The minimum Gasteiger partial charge on any atom is -0.494 e. The molecule has 0 saturated heterocycles. The Balaban J connectivity index is 1.62. The standard InChI is InChI=1S/C26H42O3/c1-3-5-7-8-9-11-21-28-24-17-19-25(20-18-24)29-26(27)23-15-13-22(14-16-23)12-10-6-4-2/h17-20,22-23H,3-16,21H2,1-2H3. The van der Waals surface area contributed by atoms with Crippen molar-refractivity contribution < 1.29 is 14.3 Å². The van der Waals surface area contributed by atoms with Gasteiger partial charge in [0.25, 0.3) is 0 Å². The molecule has 1 aromatic rings. The first kappa shape index (κ1) is 23.8. The number of hydrogen-bond donors (Lipinski definition) is 0. The van der Waals surface area contributed by atoms with Crippen LogP contribution in [-0.2, 0) is 4.79 Å². The fourth-order valence-corrected chi connectivity index (χ4v) is 4.25. The van der Waals surface area contributed by atoms with Crippen LogP contribution in [0.1, 0.15) is 104 Å². The van der Waals surface area contributed by atoms with Gasteiger partial charge in [-0.15, -0.1) is 0 Å². The molecule has 164 valence electrons. The van der Waals surface area contributed by atoms with Crippen LogP contribution in [0.4, 0.5) is 0 Å². The van der Waals surface area contributed by atoms with Gasteiger partial charge < -0.3 is 9.47 Å². The van der Waals surface area contributed by atoms with Crippen molar-refractivity contribution >= 4 is 5.97 Å². The van der Waals surface area contributed by atoms with E-state index in [9.17, 15) is 4.79 Å². The fourth-order valence-electron chi connectivity index (χ4n) is 4.25. The van der Waals surface area contributed by atoms with Gasteiger partial charge in [-0.05, 0) is 62.3 Å². The number of esters is 1. The Morgan fingerprint density at radius 3 is 2.07 bits per heavy atom. The lowest BCUT2D eigenvalue weighted by molar-refractivity contribution is -0.140. The third-order valence-electron chi connectivity index (χ3n) is 6.20. The maximum atomic E-state index is 12.5. The van der Waals surface area contributed by atoms with Crippen LogP contribution in [0.15, 0.2) is 24.3 Å². The highest BCUT2D eigenvalue weighted by Gasteiger charge is 2.27. The summed E-state index contributed by atoms with van der Waals surface area (Å²) in [6, 6.07) is 7.52. The summed E-state index contributed by atoms with van der Waals surface area (Å²) < 4.78 is 11.4. The van der Waals surface area contributed by atoms with E-state index in [0.717, 1.165) is 37.5 Å². The third-order valence-corrected chi connectivity index (χ3v) is 6.20. The Labute approximate surface area is 178 Å². The van der Waals surface area contributed by atoms with E-state index >= 15 is 0 Å². The first-order valence-corrected chi connectivity index (χ1v) is 12.2. The van der Waals surface area contributed by atoms with Crippen molar-refractivity contribution in [3.8, 4) is 11.5 Å². The maximum absolute atomic E-state index is 12.5. The van der Waals surface area contributed by atoms with Gasteiger partial charge in [-0.2, -0.15) is 0 Å². The summed E-state index contributed by atoms with van der Waals surface area (Å²) in [4.78, 5) is 12.5. The monoisotopic (exact) mass is 402 g/mol. The van der Waals surface area contributed by atoms with Crippen LogP contribution in [0.2, 0.25) is 0 Å². The molecule has 0 radical (unpaired) electrons. The highest BCUT2D eigenvalue weighted by Crippen LogP contribution is 2.33. The van der Waals surface area contributed by atoms with Crippen LogP contribution in [0.25, 0.3) is 0 Å². The zero-order valence-corrected chi connectivity index (χ0v) is 18.8. The molecule has 0 aromatic heterocycles. The van der Waals surface area contributed by atoms with Crippen molar-refractivity contribution in [2.75, 3.05) is 6.61 Å². The van der Waals surface area contributed by atoms with E-state index < -0.39 is 0 Å². The van der Waals surface area contributed by atoms with Gasteiger partial charge in [0, 0.05) is 0 Å². The smallest absolute Gasteiger partial charge is 0.314 e. The number of hydrogen-bond acceptors (Lipinski definition) is 3. The van der Waals surface area contributed by atoms with E-state index in [0.29, 0.717) is 5.75 Å². The molecular weight excluding hydrogens is 360 g/mol. The molecule has 1 aromatic carbocycles. The van der Waals surface area contributed by atoms with Crippen molar-refractivity contribution in [2.45, 2.75) is 104 Å². The van der Waals surface area contributed by atoms with Gasteiger partial charge in [0.15, 0.2) is 0 Å². The summed E-state index contributed by atoms with van der Waals surface area (Å²) in [7, 11) is 0. The van der Waals surface area contributed by atoms with Gasteiger partial charge in [-0.25, -0.2) is 0 Å². The molecule has 1 fully saturated rings. The quantitative estimate of drug-likeness (QED) is 0.181. The molecule has 0 amide bonds. The van der Waals surface area contributed by atoms with Crippen molar-refractivity contribution in [1.82, 2.24) is 0 Å². The lowest BCUT2D eigenvalue weighted by Gasteiger charge is -2.27. The summed E-state index contributed by atoms with van der Waals surface area (Å²) in [5, 5.41) is 0. The maximum Gasteiger partial charge on any atom is 0.314 e. The fraction of sp³-hybridized carbons (Fsp3) is 0.731. The third kappa shape index (κ3) is 9.69. The Kier molecular flexibility index (Phi) is 11.9. The number of carbonyl (C=O) groups excluding carboxylic acids is 1. The Hall–Kier alpha value is -1.51. The summed E-state index contributed by atoms with van der Waals surface area (Å²) >= 11 is 0. The molecule has 3 nitrogen and oxygen atoms in total. The second kappa shape index (κ2) is 14.5. The minimum absolute atomic E-state index is 0.0576. The number of ether oxygens (including phenoxy) is 2. The molecular formula is C26H42O3. The first-order chi connectivity index (χ1) is 14.2. The molecule has 0 atom stereocenters. The molecule has 0 heterocycles. The predicted molar refractivity (Wildman–Crippen MR) is 121 cm³/mol. The van der Waals surface area contributed by atoms with Crippen molar-refractivity contribution in [2.24, 2.45) is 11.8 Å². The average molecular weight is 403 g/mol. The molecule has 1 aliphatic rings. The zero-order chi connectivity index (χ0) is 20.7. The second-order valence-corrected chi connectivity index (χ2v) is 8.72. The summed E-state index contributed by atoms with van der Waals surface area (Å²) in [6.07, 6.45) is 17.2. The number of unbranched alkanes of at least 4 members (excludes halogenated alkanes) is 7. The molecule has 0 spiro atoms. The van der Waals surface area contributed by atoms with Gasteiger partial charge in [-0.3, -0.25) is 4.79 Å². The van der Waals surface area contributed by atoms with Crippen molar-refractivity contribution in [3.05, 3.63) is 24.3 Å². The van der Waals surface area contributed by atoms with Crippen LogP contribution in [0.5, 0.6) is 11.5 Å². The number of carbonyl (C=O) groups is 1. The van der Waals surface area contributed by atoms with Crippen molar-refractivity contribution in [3.63, 3.8) is 0 Å². The SMILES string of the molecule is CCCCCCCCOc1ccc(OC(=O)C2CCC(CCCCC)CC2)cc1. The molecule has 0 unspecified atom stereocenters. The second-order valence-electron chi connectivity index (χ2n) is 8.72. The van der Waals surface area contributed by atoms with Gasteiger partial charge in [0.1, 0.15) is 11.5 Å². The average Bonchev–Trinajstić information content (AvgIpc) is 2.75. The molecule has 0 N–H and O–H groups in total. The highest BCUT2D eigenvalue weighted by molar-refractivity contribution is 5.75. The zero-order valence-electron chi connectivity index (χ0n) is 18.8. The van der Waals surface area contributed by atoms with Gasteiger partial charge in [0.2, 0.25) is 0 Å². The molecule has 29 heavy (non-hydrogen) atoms. The van der Waals surface area contributed by atoms with Crippen LogP contribution in [0, 0.1) is 11.8 Å². The minimum atomic E-state index is -0.0576. The molecule has 2 rings (SSSR count). The predicted octanol–water partition coefficient (Wildman–Crippen LogP) is 7.72. The van der Waals surface area contributed by atoms with E-state index in [4.69, 9.17) is 9.47 Å². The van der Waals surface area contributed by atoms with Gasteiger partial charge in [0.05, 0.1) is 12.5 Å². The molecule has 0 aliphatic heterocycles. The van der Waals surface area contributed by atoms with E-state index in [1.165, 1.54) is 70.6 Å². The molecule has 0 bridgehead atoms. The topological polar surface area (TPSA) is 35.5 Å². The van der Waals surface area contributed by atoms with Crippen LogP contribution in [0.3, 0.4) is 0 Å². The van der Waals surface area contributed by atoms with Crippen LogP contribution in [-0.4, -0.2) is 12.6 Å². The normalized spacial score (nSPS) is 19.1. The number of benzene rings is 1. The summed E-state index contributed by atoms with van der Waals surface area (Å²) in [5.74, 6) is 2.31. The van der Waals surface area contributed by atoms with Crippen LogP contribution < -0.4 is 9.47 Å². The lowest BCUT2D eigenvalue weighted by atomic mass is 9.80. The van der Waals surface area contributed by atoms with E-state index in [1.54, 1.807) is 0 Å². The summed E-state index contributed by atoms with van der Waals surface area (Å²) in [6.45, 7) is 5.25. The van der Waals surface area contributed by atoms with E-state index in [2.05, 4.69) is 13.8 Å². The molecule has 3 heteroatoms. The van der Waals surface area contributed by atoms with Gasteiger partial charge >= 0.3 is 5.97 Å². The number of rotatable bonds is 14. The largest absolute Gasteiger partial charge is 0.494 e. The van der Waals surface area contributed by atoms with Gasteiger partial charge in [-0.1, -0.05) is 71.6 Å². The Morgan fingerprint density at radius 2 is 1.38 bits per heavy atom.